The summed E-state index contributed by atoms with van der Waals surface area (Å²) in [6.07, 6.45) is 3.07. The van der Waals surface area contributed by atoms with E-state index in [2.05, 4.69) is 26.3 Å². The molecule has 3 rings (SSSR count). The van der Waals surface area contributed by atoms with Gasteiger partial charge in [-0.25, -0.2) is 4.79 Å². The molecular weight excluding hydrogens is 486 g/mol. The van der Waals surface area contributed by atoms with Crippen LogP contribution in [0.4, 0.5) is 10.5 Å². The highest BCUT2D eigenvalue weighted by atomic mass is 16.5. The molecule has 4 N–H and O–H groups in total. The van der Waals surface area contributed by atoms with Crippen LogP contribution < -0.4 is 21.3 Å². The van der Waals surface area contributed by atoms with Gasteiger partial charge in [-0.15, -0.1) is 0 Å². The molecule has 0 radical (unpaired) electrons. The maximum absolute atomic E-state index is 12.7. The van der Waals surface area contributed by atoms with E-state index in [1.54, 1.807) is 49.6 Å². The third-order valence-corrected chi connectivity index (χ3v) is 5.54. The quantitative estimate of drug-likeness (QED) is 0.287. The van der Waals surface area contributed by atoms with Crippen molar-refractivity contribution in [3.63, 3.8) is 0 Å². The summed E-state index contributed by atoms with van der Waals surface area (Å²) < 4.78 is 5.00. The number of rotatable bonds is 11. The van der Waals surface area contributed by atoms with Crippen LogP contribution in [0, 0.1) is 0 Å². The second kappa shape index (κ2) is 14.1. The Balaban J connectivity index is 1.54. The second-order valence-electron chi connectivity index (χ2n) is 8.41. The van der Waals surface area contributed by atoms with Gasteiger partial charge in [-0.1, -0.05) is 42.5 Å². The fraction of sp³-hybridized carbons (Fsp3) is 0.250. The van der Waals surface area contributed by atoms with E-state index < -0.39 is 29.9 Å². The highest BCUT2D eigenvalue weighted by Crippen LogP contribution is 2.17. The van der Waals surface area contributed by atoms with E-state index in [0.717, 1.165) is 5.56 Å². The van der Waals surface area contributed by atoms with Crippen molar-refractivity contribution < 1.29 is 23.9 Å². The van der Waals surface area contributed by atoms with Gasteiger partial charge in [0.25, 0.3) is 5.91 Å². The van der Waals surface area contributed by atoms with Gasteiger partial charge in [0.15, 0.2) is 0 Å². The monoisotopic (exact) mass is 517 g/mol. The zero-order valence-electron chi connectivity index (χ0n) is 21.3. The van der Waals surface area contributed by atoms with Crippen molar-refractivity contribution in [1.82, 2.24) is 20.9 Å². The summed E-state index contributed by atoms with van der Waals surface area (Å²) in [6, 6.07) is 18.1. The first-order chi connectivity index (χ1) is 18.4. The van der Waals surface area contributed by atoms with E-state index in [1.807, 2.05) is 37.3 Å². The minimum Gasteiger partial charge on any atom is -0.466 e. The molecule has 198 valence electrons. The predicted octanol–water partition coefficient (Wildman–Crippen LogP) is 3.50. The van der Waals surface area contributed by atoms with Crippen molar-refractivity contribution in [3.05, 3.63) is 95.8 Å². The first kappa shape index (κ1) is 27.9. The minimum atomic E-state index is -0.656. The van der Waals surface area contributed by atoms with Gasteiger partial charge < -0.3 is 26.0 Å². The Labute approximate surface area is 221 Å². The molecule has 38 heavy (non-hydrogen) atoms. The van der Waals surface area contributed by atoms with E-state index in [-0.39, 0.29) is 31.2 Å². The van der Waals surface area contributed by atoms with E-state index in [4.69, 9.17) is 4.74 Å². The Kier molecular flexibility index (Phi) is 10.3. The first-order valence-corrected chi connectivity index (χ1v) is 12.2. The molecular formula is C28H31N5O5. The number of aromatic nitrogens is 1. The fourth-order valence-corrected chi connectivity index (χ4v) is 3.66. The van der Waals surface area contributed by atoms with Crippen LogP contribution in [0.5, 0.6) is 0 Å². The summed E-state index contributed by atoms with van der Waals surface area (Å²) in [5.41, 5.74) is 2.29. The van der Waals surface area contributed by atoms with Gasteiger partial charge in [0.2, 0.25) is 5.91 Å². The first-order valence-electron chi connectivity index (χ1n) is 12.2. The van der Waals surface area contributed by atoms with Gasteiger partial charge in [-0.3, -0.25) is 19.4 Å². The Hall–Kier alpha value is -4.73. The number of hydrogen-bond acceptors (Lipinski definition) is 6. The molecule has 2 unspecified atom stereocenters. The molecule has 1 aromatic heterocycles. The van der Waals surface area contributed by atoms with E-state index >= 15 is 0 Å². The summed E-state index contributed by atoms with van der Waals surface area (Å²) in [5.74, 6) is -1.44. The summed E-state index contributed by atoms with van der Waals surface area (Å²) in [4.78, 5) is 53.7. The Bertz CT molecular complexity index is 1240. The lowest BCUT2D eigenvalue weighted by Crippen LogP contribution is -2.39. The van der Waals surface area contributed by atoms with Gasteiger partial charge >= 0.3 is 12.0 Å². The number of esters is 1. The number of nitrogens with one attached hydrogen (secondary N) is 4. The van der Waals surface area contributed by atoms with E-state index in [0.29, 0.717) is 11.3 Å². The predicted molar refractivity (Wildman–Crippen MR) is 142 cm³/mol. The Morgan fingerprint density at radius 3 is 2.39 bits per heavy atom. The number of hydrogen-bond donors (Lipinski definition) is 4. The molecule has 0 aliphatic heterocycles. The molecule has 4 amide bonds. The molecule has 2 aromatic carbocycles. The van der Waals surface area contributed by atoms with Gasteiger partial charge in [0.05, 0.1) is 31.7 Å². The van der Waals surface area contributed by atoms with Crippen LogP contribution in [-0.4, -0.2) is 42.0 Å². The number of anilines is 1. The van der Waals surface area contributed by atoms with Crippen molar-refractivity contribution in [1.29, 1.82) is 0 Å². The Morgan fingerprint density at radius 1 is 0.921 bits per heavy atom. The second-order valence-corrected chi connectivity index (χ2v) is 8.41. The maximum atomic E-state index is 12.7. The van der Waals surface area contributed by atoms with Crippen molar-refractivity contribution in [2.75, 3.05) is 18.5 Å². The van der Waals surface area contributed by atoms with Crippen LogP contribution >= 0.6 is 0 Å². The van der Waals surface area contributed by atoms with Crippen LogP contribution in [0.1, 0.15) is 53.8 Å². The molecule has 0 spiro atoms. The lowest BCUT2D eigenvalue weighted by Gasteiger charge is -2.18. The molecule has 2 atom stereocenters. The SMILES string of the molecule is CCOC(=O)CC(NC(=O)CNC(=O)c1cccc(NC(=O)NC(C)c2ccccc2)c1)c1cccnc1. The summed E-state index contributed by atoms with van der Waals surface area (Å²) in [6.45, 7) is 3.48. The number of carbonyl (C=O) groups excluding carboxylic acids is 4. The molecule has 0 saturated heterocycles. The standard InChI is InChI=1S/C28H31N5O5/c1-3-38-26(35)16-24(22-12-8-14-29-17-22)33-25(34)18-30-27(36)21-11-7-13-23(15-21)32-28(37)31-19(2)20-9-5-4-6-10-20/h4-15,17,19,24H,3,16,18H2,1-2H3,(H,30,36)(H,33,34)(H2,31,32,37). The third-order valence-electron chi connectivity index (χ3n) is 5.54. The van der Waals surface area contributed by atoms with Gasteiger partial charge in [-0.05, 0) is 49.2 Å². The van der Waals surface area contributed by atoms with Gasteiger partial charge in [-0.2, -0.15) is 0 Å². The number of ether oxygens (including phenoxy) is 1. The summed E-state index contributed by atoms with van der Waals surface area (Å²) in [7, 11) is 0. The molecule has 0 bridgehead atoms. The normalized spacial score (nSPS) is 11.9. The van der Waals surface area contributed by atoms with Crippen molar-refractivity contribution in [2.45, 2.75) is 32.4 Å². The van der Waals surface area contributed by atoms with Crippen LogP contribution in [0.2, 0.25) is 0 Å². The molecule has 10 heteroatoms. The fourth-order valence-electron chi connectivity index (χ4n) is 3.66. The average Bonchev–Trinajstić information content (AvgIpc) is 2.92. The third kappa shape index (κ3) is 8.74. The van der Waals surface area contributed by atoms with Crippen LogP contribution in [0.25, 0.3) is 0 Å². The molecule has 0 aliphatic carbocycles. The number of nitrogens with zero attached hydrogens (tertiary/aromatic N) is 1. The van der Waals surface area contributed by atoms with Crippen LogP contribution in [0.15, 0.2) is 79.1 Å². The molecule has 0 aliphatic rings. The molecule has 10 nitrogen and oxygen atoms in total. The number of carbonyl (C=O) groups is 4. The molecule has 0 saturated carbocycles. The minimum absolute atomic E-state index is 0.0715. The molecule has 1 heterocycles. The van der Waals surface area contributed by atoms with Crippen molar-refractivity contribution in [3.8, 4) is 0 Å². The zero-order chi connectivity index (χ0) is 27.3. The Morgan fingerprint density at radius 2 is 1.68 bits per heavy atom. The topological polar surface area (TPSA) is 139 Å². The highest BCUT2D eigenvalue weighted by molar-refractivity contribution is 5.98. The van der Waals surface area contributed by atoms with E-state index in [9.17, 15) is 19.2 Å². The largest absolute Gasteiger partial charge is 0.466 e. The zero-order valence-corrected chi connectivity index (χ0v) is 21.3. The average molecular weight is 518 g/mol. The van der Waals surface area contributed by atoms with Gasteiger partial charge in [0, 0.05) is 23.6 Å². The smallest absolute Gasteiger partial charge is 0.319 e. The van der Waals surface area contributed by atoms with Crippen molar-refractivity contribution in [2.24, 2.45) is 0 Å². The molecule has 3 aromatic rings. The van der Waals surface area contributed by atoms with Gasteiger partial charge in [0.1, 0.15) is 0 Å². The number of amides is 4. The lowest BCUT2D eigenvalue weighted by atomic mass is 10.1. The highest BCUT2D eigenvalue weighted by Gasteiger charge is 2.20. The number of urea groups is 1. The summed E-state index contributed by atoms with van der Waals surface area (Å²) in [5, 5.41) is 10.9. The number of pyridine rings is 1. The van der Waals surface area contributed by atoms with Crippen LogP contribution in [0.3, 0.4) is 0 Å². The lowest BCUT2D eigenvalue weighted by molar-refractivity contribution is -0.143. The van der Waals surface area contributed by atoms with E-state index in [1.165, 1.54) is 6.07 Å². The van der Waals surface area contributed by atoms with Crippen molar-refractivity contribution >= 4 is 29.5 Å². The molecule has 0 fully saturated rings. The maximum Gasteiger partial charge on any atom is 0.319 e. The van der Waals surface area contributed by atoms with Crippen LogP contribution in [-0.2, 0) is 14.3 Å². The number of benzene rings is 2. The summed E-state index contributed by atoms with van der Waals surface area (Å²) >= 11 is 0.